The van der Waals surface area contributed by atoms with Crippen LogP contribution < -0.4 is 22.2 Å². The second-order valence-electron chi connectivity index (χ2n) is 4.26. The Morgan fingerprint density at radius 1 is 0.800 bits per heavy atom. The van der Waals surface area contributed by atoms with Crippen molar-refractivity contribution in [1.29, 1.82) is 0 Å². The minimum absolute atomic E-state index is 0.0342. The molecule has 2 aromatic rings. The van der Waals surface area contributed by atoms with Gasteiger partial charge in [-0.1, -0.05) is 18.2 Å². The summed E-state index contributed by atoms with van der Waals surface area (Å²) in [4.78, 5) is 48.8. The van der Waals surface area contributed by atoms with Gasteiger partial charge in [-0.05, 0) is 19.9 Å². The summed E-state index contributed by atoms with van der Waals surface area (Å²) >= 11 is 0. The van der Waals surface area contributed by atoms with Gasteiger partial charge in [0.2, 0.25) is 0 Å². The Labute approximate surface area is 113 Å². The number of fused-ring (bicyclic) bond motifs is 1. The molecule has 2 rings (SSSR count). The lowest BCUT2D eigenvalue weighted by Crippen LogP contribution is -2.46. The Morgan fingerprint density at radius 2 is 1.30 bits per heavy atom. The van der Waals surface area contributed by atoms with Crippen LogP contribution in [-0.4, -0.2) is 9.13 Å². The maximum Gasteiger partial charge on any atom is 0.334 e. The molecule has 20 heavy (non-hydrogen) atoms. The van der Waals surface area contributed by atoms with Crippen LogP contribution in [-0.2, 0) is 13.1 Å². The number of rotatable bonds is 2. The average Bonchev–Trinajstić information content (AvgIpc) is 2.47. The van der Waals surface area contributed by atoms with Gasteiger partial charge in [-0.15, -0.1) is 0 Å². The summed E-state index contributed by atoms with van der Waals surface area (Å²) in [6, 6.07) is 6.03. The van der Waals surface area contributed by atoms with Crippen LogP contribution in [0.2, 0.25) is 0 Å². The Bertz CT molecular complexity index is 910. The standard InChI is InChI=1S/C14H14N2O4/c1-3-15-12(18)10-8-6-5-7-9(10)11(17)13(19)16(4-2)14(15)20/h5-8H,3-4H2,1-2H3. The molecule has 6 heteroatoms. The zero-order valence-corrected chi connectivity index (χ0v) is 11.3. The van der Waals surface area contributed by atoms with Crippen molar-refractivity contribution in [3.8, 4) is 0 Å². The first-order valence-corrected chi connectivity index (χ1v) is 6.33. The molecule has 1 aromatic heterocycles. The molecule has 0 spiro atoms. The third kappa shape index (κ3) is 1.99. The lowest BCUT2D eigenvalue weighted by molar-refractivity contribution is 0.589. The van der Waals surface area contributed by atoms with Crippen LogP contribution in [0.5, 0.6) is 0 Å². The molecule has 0 aliphatic carbocycles. The lowest BCUT2D eigenvalue weighted by atomic mass is 10.2. The summed E-state index contributed by atoms with van der Waals surface area (Å²) < 4.78 is 1.76. The van der Waals surface area contributed by atoms with E-state index in [-0.39, 0.29) is 23.9 Å². The number of hydrogen-bond acceptors (Lipinski definition) is 4. The monoisotopic (exact) mass is 274 g/mol. The number of nitrogens with zero attached hydrogens (tertiary/aromatic N) is 2. The van der Waals surface area contributed by atoms with Crippen molar-refractivity contribution in [2.24, 2.45) is 0 Å². The second kappa shape index (κ2) is 5.24. The van der Waals surface area contributed by atoms with E-state index in [1.165, 1.54) is 12.1 Å². The molecule has 0 aliphatic heterocycles. The Morgan fingerprint density at radius 3 is 1.85 bits per heavy atom. The van der Waals surface area contributed by atoms with Crippen LogP contribution in [0.25, 0.3) is 10.8 Å². The van der Waals surface area contributed by atoms with Crippen molar-refractivity contribution >= 4 is 10.8 Å². The van der Waals surface area contributed by atoms with E-state index in [0.717, 1.165) is 9.13 Å². The van der Waals surface area contributed by atoms with E-state index < -0.39 is 22.2 Å². The highest BCUT2D eigenvalue weighted by Gasteiger charge is 2.10. The molecule has 104 valence electrons. The molecule has 1 heterocycles. The molecule has 0 saturated carbocycles. The lowest BCUT2D eigenvalue weighted by Gasteiger charge is -2.04. The van der Waals surface area contributed by atoms with Crippen molar-refractivity contribution < 1.29 is 0 Å². The van der Waals surface area contributed by atoms with Crippen LogP contribution in [0.15, 0.2) is 43.4 Å². The topological polar surface area (TPSA) is 78.1 Å². The minimum Gasteiger partial charge on any atom is -0.283 e. The average molecular weight is 274 g/mol. The van der Waals surface area contributed by atoms with Gasteiger partial charge >= 0.3 is 11.2 Å². The highest BCUT2D eigenvalue weighted by Crippen LogP contribution is 2.00. The maximum atomic E-state index is 12.4. The van der Waals surface area contributed by atoms with Crippen molar-refractivity contribution in [2.75, 3.05) is 0 Å². The van der Waals surface area contributed by atoms with E-state index >= 15 is 0 Å². The van der Waals surface area contributed by atoms with E-state index in [2.05, 4.69) is 0 Å². The quantitative estimate of drug-likeness (QED) is 0.718. The molecular weight excluding hydrogens is 260 g/mol. The van der Waals surface area contributed by atoms with E-state index in [1.54, 1.807) is 26.0 Å². The molecular formula is C14H14N2O4. The van der Waals surface area contributed by atoms with Crippen LogP contribution in [0.3, 0.4) is 0 Å². The number of hydrogen-bond donors (Lipinski definition) is 0. The van der Waals surface area contributed by atoms with E-state index in [4.69, 9.17) is 0 Å². The number of aromatic nitrogens is 2. The fourth-order valence-electron chi connectivity index (χ4n) is 2.13. The number of benzene rings is 1. The van der Waals surface area contributed by atoms with Crippen LogP contribution in [0.4, 0.5) is 0 Å². The Hall–Kier alpha value is -2.50. The molecule has 0 saturated heterocycles. The molecule has 0 fully saturated rings. The highest BCUT2D eigenvalue weighted by molar-refractivity contribution is 5.80. The van der Waals surface area contributed by atoms with Crippen LogP contribution in [0, 0.1) is 0 Å². The summed E-state index contributed by atoms with van der Waals surface area (Å²) in [5, 5.41) is 0.115. The third-order valence-corrected chi connectivity index (χ3v) is 3.18. The first kappa shape index (κ1) is 13.9. The largest absolute Gasteiger partial charge is 0.334 e. The molecule has 0 bridgehead atoms. The summed E-state index contributed by atoms with van der Waals surface area (Å²) in [5.41, 5.74) is -3.06. The Balaban J connectivity index is 3.35. The maximum absolute atomic E-state index is 12.4. The smallest absolute Gasteiger partial charge is 0.283 e. The van der Waals surface area contributed by atoms with Gasteiger partial charge < -0.3 is 0 Å². The normalized spacial score (nSPS) is 10.7. The van der Waals surface area contributed by atoms with Crippen LogP contribution >= 0.6 is 0 Å². The van der Waals surface area contributed by atoms with Crippen molar-refractivity contribution in [2.45, 2.75) is 26.9 Å². The van der Waals surface area contributed by atoms with Gasteiger partial charge in [0.1, 0.15) is 0 Å². The van der Waals surface area contributed by atoms with E-state index in [0.29, 0.717) is 0 Å². The van der Waals surface area contributed by atoms with Gasteiger partial charge in [-0.2, -0.15) is 0 Å². The molecule has 0 atom stereocenters. The molecule has 0 N–H and O–H groups in total. The summed E-state index contributed by atoms with van der Waals surface area (Å²) in [5.74, 6) is 0. The van der Waals surface area contributed by atoms with Gasteiger partial charge in [0.25, 0.3) is 11.0 Å². The molecule has 0 aliphatic rings. The van der Waals surface area contributed by atoms with Crippen molar-refractivity contribution in [1.82, 2.24) is 9.13 Å². The van der Waals surface area contributed by atoms with E-state index in [1.807, 2.05) is 0 Å². The van der Waals surface area contributed by atoms with Crippen molar-refractivity contribution in [3.05, 3.63) is 65.7 Å². The third-order valence-electron chi connectivity index (χ3n) is 3.18. The van der Waals surface area contributed by atoms with Gasteiger partial charge in [-0.25, -0.2) is 4.79 Å². The first-order valence-electron chi connectivity index (χ1n) is 6.33. The predicted molar refractivity (Wildman–Crippen MR) is 76.4 cm³/mol. The van der Waals surface area contributed by atoms with Crippen molar-refractivity contribution in [3.63, 3.8) is 0 Å². The van der Waals surface area contributed by atoms with Gasteiger partial charge in [0, 0.05) is 18.5 Å². The predicted octanol–water partition coefficient (Wildman–Crippen LogP) is -0.0766. The molecule has 0 amide bonds. The first-order chi connectivity index (χ1) is 9.52. The molecule has 1 aromatic carbocycles. The van der Waals surface area contributed by atoms with Gasteiger partial charge in [-0.3, -0.25) is 23.5 Å². The fourth-order valence-corrected chi connectivity index (χ4v) is 2.13. The highest BCUT2D eigenvalue weighted by atomic mass is 16.2. The second-order valence-corrected chi connectivity index (χ2v) is 4.26. The Kier molecular flexibility index (Phi) is 3.65. The van der Waals surface area contributed by atoms with Crippen LogP contribution in [0.1, 0.15) is 13.8 Å². The molecule has 6 nitrogen and oxygen atoms in total. The summed E-state index contributed by atoms with van der Waals surface area (Å²) in [6.45, 7) is 3.38. The zero-order chi connectivity index (χ0) is 14.9. The van der Waals surface area contributed by atoms with Gasteiger partial charge in [0.05, 0.1) is 5.39 Å². The zero-order valence-electron chi connectivity index (χ0n) is 11.3. The van der Waals surface area contributed by atoms with Gasteiger partial charge in [0.15, 0.2) is 0 Å². The summed E-state index contributed by atoms with van der Waals surface area (Å²) in [6.07, 6.45) is 0. The minimum atomic E-state index is -0.907. The molecule has 0 unspecified atom stereocenters. The SMILES string of the molecule is CCn1c(=O)c(=O)c2ccccc2c(=O)n(CC)c1=O. The van der Waals surface area contributed by atoms with E-state index in [9.17, 15) is 19.2 Å². The molecule has 0 radical (unpaired) electrons. The fraction of sp³-hybridized carbons (Fsp3) is 0.286. The summed E-state index contributed by atoms with van der Waals surface area (Å²) in [7, 11) is 0.